The molecule has 0 radical (unpaired) electrons. The number of nitrogens with one attached hydrogen (secondary N) is 2. The van der Waals surface area contributed by atoms with Gasteiger partial charge in [-0.15, -0.1) is 0 Å². The standard InChI is InChI=1S/C15H15N5O/c16-7-11-8-20-4-3-9(5-14(20)18-11)15(21)19-13-6-10-1-2-12(13)17-10/h3-5,8,10,12-13,17H,1-2,6H2,(H,19,21)/t10-,12+,13-/m1/s1. The normalized spacial score (nSPS) is 26.9. The first kappa shape index (κ1) is 12.4. The highest BCUT2D eigenvalue weighted by Gasteiger charge is 2.39. The molecule has 0 unspecified atom stereocenters. The second-order valence-electron chi connectivity index (χ2n) is 5.78. The molecule has 2 fully saturated rings. The fraction of sp³-hybridized carbons (Fsp3) is 0.400. The number of fused-ring (bicyclic) bond motifs is 3. The van der Waals surface area contributed by atoms with Gasteiger partial charge >= 0.3 is 0 Å². The Bertz CT molecular complexity index is 759. The van der Waals surface area contributed by atoms with Gasteiger partial charge in [-0.05, 0) is 31.4 Å². The number of nitriles is 1. The van der Waals surface area contributed by atoms with Crippen molar-refractivity contribution in [2.45, 2.75) is 37.4 Å². The van der Waals surface area contributed by atoms with E-state index in [0.29, 0.717) is 29.0 Å². The van der Waals surface area contributed by atoms with Crippen LogP contribution in [0.15, 0.2) is 24.5 Å². The summed E-state index contributed by atoms with van der Waals surface area (Å²) in [5.41, 5.74) is 1.55. The predicted octanol–water partition coefficient (Wildman–Crippen LogP) is 0.829. The zero-order valence-corrected chi connectivity index (χ0v) is 11.4. The van der Waals surface area contributed by atoms with E-state index in [4.69, 9.17) is 5.26 Å². The molecule has 6 heteroatoms. The Morgan fingerprint density at radius 2 is 2.43 bits per heavy atom. The van der Waals surface area contributed by atoms with Crippen LogP contribution in [0.4, 0.5) is 0 Å². The largest absolute Gasteiger partial charge is 0.348 e. The van der Waals surface area contributed by atoms with Crippen molar-refractivity contribution in [1.82, 2.24) is 20.0 Å². The number of carbonyl (C=O) groups excluding carboxylic acids is 1. The molecule has 21 heavy (non-hydrogen) atoms. The lowest BCUT2D eigenvalue weighted by Crippen LogP contribution is -2.42. The van der Waals surface area contributed by atoms with E-state index in [1.807, 2.05) is 6.07 Å². The van der Waals surface area contributed by atoms with Crippen LogP contribution in [0.3, 0.4) is 0 Å². The predicted molar refractivity (Wildman–Crippen MR) is 75.7 cm³/mol. The molecule has 0 saturated carbocycles. The third kappa shape index (κ3) is 2.06. The van der Waals surface area contributed by atoms with Crippen LogP contribution in [0.5, 0.6) is 0 Å². The Hall–Kier alpha value is -2.39. The summed E-state index contributed by atoms with van der Waals surface area (Å²) in [6, 6.07) is 6.68. The van der Waals surface area contributed by atoms with Gasteiger partial charge in [-0.25, -0.2) is 4.98 Å². The second-order valence-corrected chi connectivity index (χ2v) is 5.78. The summed E-state index contributed by atoms with van der Waals surface area (Å²) >= 11 is 0. The maximum absolute atomic E-state index is 12.4. The molecule has 2 N–H and O–H groups in total. The summed E-state index contributed by atoms with van der Waals surface area (Å²) in [7, 11) is 0. The van der Waals surface area contributed by atoms with Crippen molar-refractivity contribution in [3.63, 3.8) is 0 Å². The number of carbonyl (C=O) groups is 1. The lowest BCUT2D eigenvalue weighted by atomic mass is 9.95. The highest BCUT2D eigenvalue weighted by molar-refractivity contribution is 5.95. The molecule has 2 aliphatic rings. The van der Waals surface area contributed by atoms with E-state index in [2.05, 4.69) is 15.6 Å². The van der Waals surface area contributed by atoms with Gasteiger partial charge in [0.1, 0.15) is 11.7 Å². The van der Waals surface area contributed by atoms with Crippen molar-refractivity contribution in [3.8, 4) is 6.07 Å². The second kappa shape index (κ2) is 4.57. The van der Waals surface area contributed by atoms with E-state index >= 15 is 0 Å². The number of pyridine rings is 1. The lowest BCUT2D eigenvalue weighted by Gasteiger charge is -2.21. The van der Waals surface area contributed by atoms with Crippen LogP contribution in [0.25, 0.3) is 5.65 Å². The minimum absolute atomic E-state index is 0.0710. The van der Waals surface area contributed by atoms with Gasteiger partial charge in [0.25, 0.3) is 5.91 Å². The van der Waals surface area contributed by atoms with Crippen LogP contribution in [0.2, 0.25) is 0 Å². The Labute approximate surface area is 121 Å². The maximum Gasteiger partial charge on any atom is 0.251 e. The molecule has 3 atom stereocenters. The number of amides is 1. The first-order chi connectivity index (χ1) is 10.2. The molecule has 106 valence electrons. The van der Waals surface area contributed by atoms with E-state index in [-0.39, 0.29) is 11.9 Å². The number of hydrogen-bond acceptors (Lipinski definition) is 4. The van der Waals surface area contributed by atoms with Gasteiger partial charge in [0.05, 0.1) is 0 Å². The first-order valence-corrected chi connectivity index (χ1v) is 7.19. The minimum atomic E-state index is -0.0710. The summed E-state index contributed by atoms with van der Waals surface area (Å²) in [6.07, 6.45) is 6.78. The highest BCUT2D eigenvalue weighted by atomic mass is 16.1. The molecule has 1 amide bonds. The molecule has 2 aromatic heterocycles. The van der Waals surface area contributed by atoms with Crippen LogP contribution in [-0.4, -0.2) is 33.4 Å². The number of nitrogens with zero attached hydrogens (tertiary/aromatic N) is 3. The quantitative estimate of drug-likeness (QED) is 0.854. The fourth-order valence-electron chi connectivity index (χ4n) is 3.41. The van der Waals surface area contributed by atoms with Crippen LogP contribution in [-0.2, 0) is 0 Å². The lowest BCUT2D eigenvalue weighted by molar-refractivity contribution is 0.0931. The Morgan fingerprint density at radius 1 is 1.52 bits per heavy atom. The first-order valence-electron chi connectivity index (χ1n) is 7.19. The van der Waals surface area contributed by atoms with Crippen LogP contribution < -0.4 is 10.6 Å². The van der Waals surface area contributed by atoms with E-state index in [1.165, 1.54) is 6.42 Å². The molecule has 2 bridgehead atoms. The molecule has 0 aliphatic carbocycles. The van der Waals surface area contributed by atoms with Crippen molar-refractivity contribution in [2.24, 2.45) is 0 Å². The minimum Gasteiger partial charge on any atom is -0.348 e. The Balaban J connectivity index is 1.55. The van der Waals surface area contributed by atoms with E-state index in [1.54, 1.807) is 28.9 Å². The third-order valence-corrected chi connectivity index (χ3v) is 4.45. The van der Waals surface area contributed by atoms with E-state index < -0.39 is 0 Å². The smallest absolute Gasteiger partial charge is 0.251 e. The summed E-state index contributed by atoms with van der Waals surface area (Å²) in [5.74, 6) is -0.0710. The third-order valence-electron chi connectivity index (χ3n) is 4.45. The van der Waals surface area contributed by atoms with Gasteiger partial charge in [-0.2, -0.15) is 5.26 Å². The Kier molecular flexibility index (Phi) is 2.69. The molecule has 2 aliphatic heterocycles. The van der Waals surface area contributed by atoms with Gasteiger partial charge in [-0.1, -0.05) is 0 Å². The highest BCUT2D eigenvalue weighted by Crippen LogP contribution is 2.28. The average molecular weight is 281 g/mol. The van der Waals surface area contributed by atoms with Gasteiger partial charge in [0, 0.05) is 36.1 Å². The fourth-order valence-corrected chi connectivity index (χ4v) is 3.41. The van der Waals surface area contributed by atoms with Crippen molar-refractivity contribution in [1.29, 1.82) is 5.26 Å². The molecule has 0 aromatic carbocycles. The monoisotopic (exact) mass is 281 g/mol. The van der Waals surface area contributed by atoms with Crippen LogP contribution in [0.1, 0.15) is 35.3 Å². The molecule has 4 heterocycles. The molecular formula is C15H15N5O. The molecular weight excluding hydrogens is 266 g/mol. The van der Waals surface area contributed by atoms with Gasteiger partial charge in [-0.3, -0.25) is 4.79 Å². The van der Waals surface area contributed by atoms with Gasteiger partial charge in [0.15, 0.2) is 5.69 Å². The summed E-state index contributed by atoms with van der Waals surface area (Å²) < 4.78 is 1.74. The molecule has 0 spiro atoms. The maximum atomic E-state index is 12.4. The number of rotatable bonds is 2. The molecule has 4 rings (SSSR count). The van der Waals surface area contributed by atoms with Crippen molar-refractivity contribution >= 4 is 11.6 Å². The number of aromatic nitrogens is 2. The van der Waals surface area contributed by atoms with Crippen molar-refractivity contribution < 1.29 is 4.79 Å². The number of imidazole rings is 1. The molecule has 2 saturated heterocycles. The summed E-state index contributed by atoms with van der Waals surface area (Å²) in [6.45, 7) is 0. The van der Waals surface area contributed by atoms with Crippen LogP contribution >= 0.6 is 0 Å². The topological polar surface area (TPSA) is 82.2 Å². The zero-order valence-electron chi connectivity index (χ0n) is 11.4. The van der Waals surface area contributed by atoms with Gasteiger partial charge in [0.2, 0.25) is 0 Å². The average Bonchev–Trinajstić information content (AvgIpc) is 3.20. The summed E-state index contributed by atoms with van der Waals surface area (Å²) in [4.78, 5) is 16.5. The molecule has 6 nitrogen and oxygen atoms in total. The molecule has 2 aromatic rings. The Morgan fingerprint density at radius 3 is 3.14 bits per heavy atom. The van der Waals surface area contributed by atoms with Crippen LogP contribution in [0, 0.1) is 11.3 Å². The van der Waals surface area contributed by atoms with Crippen molar-refractivity contribution in [3.05, 3.63) is 35.8 Å². The number of hydrogen-bond donors (Lipinski definition) is 2. The SMILES string of the molecule is N#Cc1cn2ccc(C(=O)N[C@@H]3C[C@H]4CC[C@@H]3N4)cc2n1. The summed E-state index contributed by atoms with van der Waals surface area (Å²) in [5, 5.41) is 15.5. The zero-order chi connectivity index (χ0) is 14.4. The van der Waals surface area contributed by atoms with Crippen molar-refractivity contribution in [2.75, 3.05) is 0 Å². The van der Waals surface area contributed by atoms with E-state index in [0.717, 1.165) is 12.8 Å². The van der Waals surface area contributed by atoms with Gasteiger partial charge < -0.3 is 15.0 Å². The van der Waals surface area contributed by atoms with E-state index in [9.17, 15) is 4.79 Å².